The molecule has 1 heterocycles. The molecule has 86 valence electrons. The second-order valence-corrected chi connectivity index (χ2v) is 5.29. The van der Waals surface area contributed by atoms with E-state index in [2.05, 4.69) is 22.6 Å². The van der Waals surface area contributed by atoms with Crippen LogP contribution in [-0.4, -0.2) is 25.1 Å². The second kappa shape index (κ2) is 5.16. The van der Waals surface area contributed by atoms with Crippen LogP contribution in [0.15, 0.2) is 10.2 Å². The van der Waals surface area contributed by atoms with Gasteiger partial charge in [-0.25, -0.2) is 0 Å². The summed E-state index contributed by atoms with van der Waals surface area (Å²) < 4.78 is 18.8. The van der Waals surface area contributed by atoms with Crippen molar-refractivity contribution >= 4 is 29.9 Å². The van der Waals surface area contributed by atoms with Crippen LogP contribution in [0.2, 0.25) is 0 Å². The van der Waals surface area contributed by atoms with Crippen LogP contribution in [0, 0.1) is 0 Å². The average molecular weight is 324 g/mol. The van der Waals surface area contributed by atoms with Gasteiger partial charge < -0.3 is 14.0 Å². The predicted molar refractivity (Wildman–Crippen MR) is 69.8 cm³/mol. The lowest BCUT2D eigenvalue weighted by Gasteiger charge is -2.31. The topological polar surface area (TPSA) is 27.7 Å². The van der Waals surface area contributed by atoms with Crippen molar-refractivity contribution in [3.63, 3.8) is 0 Å². The Bertz CT molecular complexity index is 225. The Labute approximate surface area is 106 Å². The Balaban J connectivity index is 2.36. The first-order valence-electron chi connectivity index (χ1n) is 5.11. The van der Waals surface area contributed by atoms with E-state index in [1.165, 1.54) is 0 Å². The summed E-state index contributed by atoms with van der Waals surface area (Å²) in [7, 11) is -0.530. The summed E-state index contributed by atoms with van der Waals surface area (Å²) in [5.74, 6) is 0. The quantitative estimate of drug-likeness (QED) is 0.452. The Kier molecular flexibility index (Phi) is 4.64. The van der Waals surface area contributed by atoms with Crippen LogP contribution in [0.4, 0.5) is 0 Å². The SMILES string of the molecule is CC1(C)OB(OCC/C=C/I)OC1(C)C. The molecule has 15 heavy (non-hydrogen) atoms. The second-order valence-electron chi connectivity index (χ2n) is 4.57. The van der Waals surface area contributed by atoms with Crippen LogP contribution >= 0.6 is 22.6 Å². The molecule has 3 nitrogen and oxygen atoms in total. The monoisotopic (exact) mass is 324 g/mol. The molecule has 0 aromatic carbocycles. The Morgan fingerprint density at radius 2 is 1.73 bits per heavy atom. The van der Waals surface area contributed by atoms with E-state index in [0.717, 1.165) is 6.42 Å². The number of halogens is 1. The summed E-state index contributed by atoms with van der Waals surface area (Å²) in [6.07, 6.45) is 2.93. The summed E-state index contributed by atoms with van der Waals surface area (Å²) in [6.45, 7) is 8.68. The lowest BCUT2D eigenvalue weighted by atomic mass is 9.90. The third-order valence-electron chi connectivity index (χ3n) is 2.86. The predicted octanol–water partition coefficient (Wildman–Crippen LogP) is 2.93. The molecule has 0 N–H and O–H groups in total. The lowest BCUT2D eigenvalue weighted by Crippen LogP contribution is -2.41. The van der Waals surface area contributed by atoms with Gasteiger partial charge in [0, 0.05) is 6.61 Å². The van der Waals surface area contributed by atoms with Crippen molar-refractivity contribution in [2.45, 2.75) is 45.3 Å². The maximum Gasteiger partial charge on any atom is 0.640 e. The van der Waals surface area contributed by atoms with E-state index >= 15 is 0 Å². The summed E-state index contributed by atoms with van der Waals surface area (Å²) in [5, 5.41) is 0. The molecule has 0 aromatic rings. The molecule has 0 radical (unpaired) electrons. The normalized spacial score (nSPS) is 23.9. The van der Waals surface area contributed by atoms with Gasteiger partial charge in [-0.2, -0.15) is 0 Å². The molecule has 0 bridgehead atoms. The third-order valence-corrected chi connectivity index (χ3v) is 3.37. The van der Waals surface area contributed by atoms with Gasteiger partial charge in [-0.1, -0.05) is 28.7 Å². The van der Waals surface area contributed by atoms with Crippen molar-refractivity contribution in [1.29, 1.82) is 0 Å². The Morgan fingerprint density at radius 3 is 2.20 bits per heavy atom. The maximum atomic E-state index is 5.67. The molecule has 0 spiro atoms. The molecule has 1 aliphatic heterocycles. The summed E-state index contributed by atoms with van der Waals surface area (Å²) in [5.41, 5.74) is -0.618. The highest BCUT2D eigenvalue weighted by Crippen LogP contribution is 2.36. The minimum atomic E-state index is -0.530. The summed E-state index contributed by atoms with van der Waals surface area (Å²) >= 11 is 2.19. The number of rotatable bonds is 4. The van der Waals surface area contributed by atoms with Gasteiger partial charge in [0.15, 0.2) is 0 Å². The van der Waals surface area contributed by atoms with Gasteiger partial charge >= 0.3 is 7.32 Å². The number of hydrogen-bond acceptors (Lipinski definition) is 3. The first-order valence-corrected chi connectivity index (χ1v) is 6.36. The first kappa shape index (κ1) is 13.5. The van der Waals surface area contributed by atoms with Crippen LogP contribution in [0.5, 0.6) is 0 Å². The highest BCUT2D eigenvalue weighted by Gasteiger charge is 2.52. The first-order chi connectivity index (χ1) is 6.89. The van der Waals surface area contributed by atoms with Gasteiger partial charge in [0.1, 0.15) is 0 Å². The van der Waals surface area contributed by atoms with Crippen LogP contribution in [0.1, 0.15) is 34.1 Å². The molecule has 5 heteroatoms. The molecule has 0 unspecified atom stereocenters. The van der Waals surface area contributed by atoms with E-state index in [4.69, 9.17) is 14.0 Å². The van der Waals surface area contributed by atoms with Crippen molar-refractivity contribution in [1.82, 2.24) is 0 Å². The smallest absolute Gasteiger partial charge is 0.386 e. The summed E-state index contributed by atoms with van der Waals surface area (Å²) in [4.78, 5) is 0. The molecular formula is C10H18BIO3. The van der Waals surface area contributed by atoms with Gasteiger partial charge in [-0.15, -0.1) is 0 Å². The molecule has 0 aromatic heterocycles. The van der Waals surface area contributed by atoms with Crippen molar-refractivity contribution < 1.29 is 14.0 Å². The van der Waals surface area contributed by atoms with Crippen LogP contribution < -0.4 is 0 Å². The molecule has 0 amide bonds. The van der Waals surface area contributed by atoms with E-state index in [9.17, 15) is 0 Å². The molecule has 0 saturated carbocycles. The average Bonchev–Trinajstić information content (AvgIpc) is 2.30. The molecule has 1 aliphatic rings. The standard InChI is InChI=1S/C10H18BIO3/c1-9(2)10(3,4)15-11(14-9)13-8-6-5-7-12/h5,7H,6,8H2,1-4H3/b7-5+. The van der Waals surface area contributed by atoms with E-state index in [0.29, 0.717) is 6.61 Å². The minimum absolute atomic E-state index is 0.309. The van der Waals surface area contributed by atoms with Crippen molar-refractivity contribution in [3.05, 3.63) is 10.2 Å². The molecular weight excluding hydrogens is 306 g/mol. The highest BCUT2D eigenvalue weighted by molar-refractivity contribution is 14.1. The van der Waals surface area contributed by atoms with Crippen LogP contribution in [0.25, 0.3) is 0 Å². The zero-order valence-electron chi connectivity index (χ0n) is 9.75. The maximum absolute atomic E-state index is 5.67. The zero-order chi connectivity index (χ0) is 11.5. The van der Waals surface area contributed by atoms with E-state index < -0.39 is 7.32 Å². The molecule has 1 fully saturated rings. The third kappa shape index (κ3) is 3.44. The molecule has 1 saturated heterocycles. The lowest BCUT2D eigenvalue weighted by molar-refractivity contribution is 0.00578. The zero-order valence-corrected chi connectivity index (χ0v) is 11.9. The van der Waals surface area contributed by atoms with Gasteiger partial charge in [0.2, 0.25) is 0 Å². The van der Waals surface area contributed by atoms with Crippen LogP contribution in [0.3, 0.4) is 0 Å². The minimum Gasteiger partial charge on any atom is -0.386 e. The fraction of sp³-hybridized carbons (Fsp3) is 0.800. The van der Waals surface area contributed by atoms with Crippen molar-refractivity contribution in [2.24, 2.45) is 0 Å². The van der Waals surface area contributed by atoms with E-state index in [1.54, 1.807) is 0 Å². The van der Waals surface area contributed by atoms with Crippen LogP contribution in [-0.2, 0) is 14.0 Å². The van der Waals surface area contributed by atoms with Gasteiger partial charge in [0.25, 0.3) is 0 Å². The Morgan fingerprint density at radius 1 is 1.20 bits per heavy atom. The molecule has 1 rings (SSSR count). The van der Waals surface area contributed by atoms with Crippen molar-refractivity contribution in [2.75, 3.05) is 6.61 Å². The van der Waals surface area contributed by atoms with E-state index in [1.807, 2.05) is 37.9 Å². The fourth-order valence-electron chi connectivity index (χ4n) is 1.15. The van der Waals surface area contributed by atoms with Crippen molar-refractivity contribution in [3.8, 4) is 0 Å². The van der Waals surface area contributed by atoms with E-state index in [-0.39, 0.29) is 11.2 Å². The fourth-order valence-corrected chi connectivity index (χ4v) is 1.51. The highest BCUT2D eigenvalue weighted by atomic mass is 127. The summed E-state index contributed by atoms with van der Waals surface area (Å²) in [6, 6.07) is 0. The van der Waals surface area contributed by atoms with Gasteiger partial charge in [0.05, 0.1) is 11.2 Å². The number of hydrogen-bond donors (Lipinski definition) is 0. The molecule has 0 aliphatic carbocycles. The molecule has 0 atom stereocenters. The van der Waals surface area contributed by atoms with Gasteiger partial charge in [-0.05, 0) is 38.2 Å². The largest absolute Gasteiger partial charge is 0.640 e. The van der Waals surface area contributed by atoms with Gasteiger partial charge in [-0.3, -0.25) is 0 Å². The Hall–Kier alpha value is 0.415.